The molecule has 1 aliphatic rings. The predicted molar refractivity (Wildman–Crippen MR) is 221 cm³/mol. The largest absolute Gasteiger partial charge is 0.310 e. The van der Waals surface area contributed by atoms with Crippen molar-refractivity contribution in [3.05, 3.63) is 187 Å². The van der Waals surface area contributed by atoms with Crippen molar-refractivity contribution in [2.75, 3.05) is 0 Å². The van der Waals surface area contributed by atoms with Gasteiger partial charge in [-0.25, -0.2) is 0 Å². The summed E-state index contributed by atoms with van der Waals surface area (Å²) < 4.78 is 4.88. The van der Waals surface area contributed by atoms with E-state index < -0.39 is 0 Å². The van der Waals surface area contributed by atoms with Gasteiger partial charge in [0.25, 0.3) is 0 Å². The fourth-order valence-electron chi connectivity index (χ4n) is 8.69. The summed E-state index contributed by atoms with van der Waals surface area (Å²) in [6.07, 6.45) is 6.77. The second-order valence-corrected chi connectivity index (χ2v) is 14.1. The van der Waals surface area contributed by atoms with Crippen LogP contribution < -0.4 is 0 Å². The highest BCUT2D eigenvalue weighted by molar-refractivity contribution is 6.11. The molecule has 0 radical (unpaired) electrons. The van der Waals surface area contributed by atoms with Gasteiger partial charge in [0, 0.05) is 33.2 Å². The van der Waals surface area contributed by atoms with E-state index in [0.29, 0.717) is 0 Å². The lowest BCUT2D eigenvalue weighted by Gasteiger charge is -2.13. The molecule has 244 valence electrons. The van der Waals surface area contributed by atoms with Crippen LogP contribution in [0.25, 0.3) is 94.0 Å². The number of aryl methyl sites for hydroxylation is 1. The Morgan fingerprint density at radius 1 is 0.365 bits per heavy atom. The maximum absolute atomic E-state index is 2.48. The molecule has 0 aliphatic heterocycles. The molecule has 2 nitrogen and oxygen atoms in total. The van der Waals surface area contributed by atoms with Gasteiger partial charge in [0.1, 0.15) is 0 Å². The quantitative estimate of drug-likeness (QED) is 0.166. The Morgan fingerprint density at radius 3 is 1.79 bits per heavy atom. The molecular formula is C50H34N2. The molecule has 10 aromatic rings. The number of aromatic nitrogens is 2. The van der Waals surface area contributed by atoms with Gasteiger partial charge >= 0.3 is 0 Å². The van der Waals surface area contributed by atoms with Crippen LogP contribution in [0.3, 0.4) is 0 Å². The zero-order valence-corrected chi connectivity index (χ0v) is 28.6. The van der Waals surface area contributed by atoms with E-state index in [0.717, 1.165) is 12.8 Å². The second kappa shape index (κ2) is 11.4. The van der Waals surface area contributed by atoms with Crippen LogP contribution in [-0.4, -0.2) is 9.13 Å². The van der Waals surface area contributed by atoms with E-state index >= 15 is 0 Å². The molecule has 8 aromatic carbocycles. The van der Waals surface area contributed by atoms with Crippen molar-refractivity contribution in [3.8, 4) is 33.6 Å². The van der Waals surface area contributed by atoms with Crippen molar-refractivity contribution in [3.63, 3.8) is 0 Å². The molecular weight excluding hydrogens is 629 g/mol. The third kappa shape index (κ3) is 4.44. The summed E-state index contributed by atoms with van der Waals surface area (Å²) in [6, 6.07) is 62.6. The van der Waals surface area contributed by atoms with Crippen LogP contribution in [0.2, 0.25) is 0 Å². The average molecular weight is 663 g/mol. The topological polar surface area (TPSA) is 9.86 Å². The van der Waals surface area contributed by atoms with Crippen molar-refractivity contribution >= 4 is 60.3 Å². The molecule has 52 heavy (non-hydrogen) atoms. The van der Waals surface area contributed by atoms with Crippen LogP contribution in [0.15, 0.2) is 176 Å². The molecule has 0 amide bonds. The number of para-hydroxylation sites is 1. The van der Waals surface area contributed by atoms with E-state index in [4.69, 9.17) is 0 Å². The maximum atomic E-state index is 2.48. The molecule has 2 aromatic heterocycles. The molecule has 11 rings (SSSR count). The fourth-order valence-corrected chi connectivity index (χ4v) is 8.69. The fraction of sp³-hybridized carbons (Fsp3) is 0.0400. The van der Waals surface area contributed by atoms with Gasteiger partial charge in [-0.15, -0.1) is 0 Å². The van der Waals surface area contributed by atoms with Crippen LogP contribution in [-0.2, 0) is 6.42 Å². The van der Waals surface area contributed by atoms with Gasteiger partial charge in [-0.1, -0.05) is 121 Å². The minimum atomic E-state index is 1.05. The van der Waals surface area contributed by atoms with Gasteiger partial charge in [0.15, 0.2) is 0 Å². The number of hydrogen-bond donors (Lipinski definition) is 0. The van der Waals surface area contributed by atoms with Gasteiger partial charge in [-0.3, -0.25) is 0 Å². The molecule has 0 atom stereocenters. The highest BCUT2D eigenvalue weighted by atomic mass is 15.0. The lowest BCUT2D eigenvalue weighted by Crippen LogP contribution is -2.00. The summed E-state index contributed by atoms with van der Waals surface area (Å²) in [4.78, 5) is 0. The number of fused-ring (bicyclic) bond motifs is 9. The minimum Gasteiger partial charge on any atom is -0.310 e. The van der Waals surface area contributed by atoms with E-state index in [-0.39, 0.29) is 0 Å². The van der Waals surface area contributed by atoms with Gasteiger partial charge in [0.2, 0.25) is 0 Å². The minimum absolute atomic E-state index is 1.05. The second-order valence-electron chi connectivity index (χ2n) is 14.1. The summed E-state index contributed by atoms with van der Waals surface area (Å²) in [5.74, 6) is 0. The summed E-state index contributed by atoms with van der Waals surface area (Å²) in [5.41, 5.74) is 13.8. The third-order valence-electron chi connectivity index (χ3n) is 11.2. The molecule has 0 saturated carbocycles. The summed E-state index contributed by atoms with van der Waals surface area (Å²) in [5, 5.41) is 9.02. The third-order valence-corrected chi connectivity index (χ3v) is 11.2. The first-order chi connectivity index (χ1) is 25.8. The summed E-state index contributed by atoms with van der Waals surface area (Å²) in [6.45, 7) is 0. The monoisotopic (exact) mass is 662 g/mol. The SMILES string of the molecule is C1=Cc2c(c3cc(-c4ccc5c(c4)c4ccccc4n5-c4ccc(-c5ccccc5)cc4)ccc3n2-c2ccc3ccc4ccccc4c3c2)CC1. The Morgan fingerprint density at radius 2 is 0.962 bits per heavy atom. The van der Waals surface area contributed by atoms with Crippen molar-refractivity contribution in [2.24, 2.45) is 0 Å². The standard InChI is InChI=1S/C50H34N2/c1-2-10-33(11-3-1)34-20-25-39(26-21-34)51-47-16-8-6-14-42(47)45-30-37(23-28-49(45)51)38-24-29-50-46(31-38)43-15-7-9-17-48(43)52(50)40-27-22-36-19-18-35-12-4-5-13-41(35)44(36)32-40/h1-6,8-14,16-32H,7,15H2. The number of benzene rings is 8. The normalized spacial score (nSPS) is 12.8. The van der Waals surface area contributed by atoms with E-state index in [2.05, 4.69) is 191 Å². The summed E-state index contributed by atoms with van der Waals surface area (Å²) >= 11 is 0. The first kappa shape index (κ1) is 29.1. The van der Waals surface area contributed by atoms with E-state index in [9.17, 15) is 0 Å². The van der Waals surface area contributed by atoms with Gasteiger partial charge < -0.3 is 9.13 Å². The van der Waals surface area contributed by atoms with Crippen LogP contribution in [0.4, 0.5) is 0 Å². The predicted octanol–water partition coefficient (Wildman–Crippen LogP) is 13.3. The van der Waals surface area contributed by atoms with Crippen LogP contribution in [0.5, 0.6) is 0 Å². The molecule has 2 heterocycles. The van der Waals surface area contributed by atoms with E-state index in [1.165, 1.54) is 99.1 Å². The number of allylic oxidation sites excluding steroid dienone is 1. The molecule has 1 aliphatic carbocycles. The molecule has 0 bridgehead atoms. The smallest absolute Gasteiger partial charge is 0.0541 e. The molecule has 0 fully saturated rings. The highest BCUT2D eigenvalue weighted by Gasteiger charge is 2.20. The number of rotatable bonds is 4. The zero-order valence-electron chi connectivity index (χ0n) is 28.6. The lowest BCUT2D eigenvalue weighted by molar-refractivity contribution is 0.968. The molecule has 0 saturated heterocycles. The van der Waals surface area contributed by atoms with Gasteiger partial charge in [-0.05, 0) is 123 Å². The van der Waals surface area contributed by atoms with Gasteiger partial charge in [0.05, 0.1) is 16.6 Å². The van der Waals surface area contributed by atoms with Crippen molar-refractivity contribution in [2.45, 2.75) is 12.8 Å². The Kier molecular flexibility index (Phi) is 6.41. The lowest BCUT2D eigenvalue weighted by atomic mass is 9.97. The summed E-state index contributed by atoms with van der Waals surface area (Å²) in [7, 11) is 0. The Labute approximate surface area is 302 Å². The van der Waals surface area contributed by atoms with E-state index in [1.54, 1.807) is 0 Å². The zero-order chi connectivity index (χ0) is 34.2. The van der Waals surface area contributed by atoms with Crippen LogP contribution >= 0.6 is 0 Å². The Hall–Kier alpha value is -6.64. The van der Waals surface area contributed by atoms with Crippen LogP contribution in [0, 0.1) is 0 Å². The number of nitrogens with zero attached hydrogens (tertiary/aromatic N) is 2. The Balaban J connectivity index is 1.05. The highest BCUT2D eigenvalue weighted by Crippen LogP contribution is 2.40. The average Bonchev–Trinajstić information content (AvgIpc) is 3.73. The van der Waals surface area contributed by atoms with Crippen LogP contribution in [0.1, 0.15) is 17.7 Å². The maximum Gasteiger partial charge on any atom is 0.0541 e. The molecule has 0 unspecified atom stereocenters. The van der Waals surface area contributed by atoms with Crippen molar-refractivity contribution in [1.29, 1.82) is 0 Å². The Bertz CT molecular complexity index is 3050. The number of hydrogen-bond acceptors (Lipinski definition) is 0. The molecule has 0 N–H and O–H groups in total. The molecule has 2 heteroatoms. The first-order valence-electron chi connectivity index (χ1n) is 18.2. The van der Waals surface area contributed by atoms with E-state index in [1.807, 2.05) is 0 Å². The van der Waals surface area contributed by atoms with Gasteiger partial charge in [-0.2, -0.15) is 0 Å². The molecule has 0 spiro atoms. The van der Waals surface area contributed by atoms with Crippen molar-refractivity contribution < 1.29 is 0 Å². The first-order valence-corrected chi connectivity index (χ1v) is 18.2. The van der Waals surface area contributed by atoms with Crippen molar-refractivity contribution in [1.82, 2.24) is 9.13 Å².